The van der Waals surface area contributed by atoms with Crippen LogP contribution in [0.2, 0.25) is 0 Å². The minimum atomic E-state index is -1.26. The van der Waals surface area contributed by atoms with Crippen LogP contribution in [-0.2, 0) is 20.9 Å². The summed E-state index contributed by atoms with van der Waals surface area (Å²) >= 11 is 0. The molecule has 0 saturated carbocycles. The molecule has 28 heavy (non-hydrogen) atoms. The van der Waals surface area contributed by atoms with Gasteiger partial charge in [-0.05, 0) is 63.1 Å². The summed E-state index contributed by atoms with van der Waals surface area (Å²) < 4.78 is 4.93. The van der Waals surface area contributed by atoms with Crippen molar-refractivity contribution < 1.29 is 19.1 Å². The monoisotopic (exact) mass is 382 g/mol. The second kappa shape index (κ2) is 9.17. The molecule has 0 aliphatic heterocycles. The van der Waals surface area contributed by atoms with Crippen molar-refractivity contribution in [3.05, 3.63) is 65.2 Å². The lowest BCUT2D eigenvalue weighted by atomic mass is 9.90. The lowest BCUT2D eigenvalue weighted by molar-refractivity contribution is -0.138. The van der Waals surface area contributed by atoms with Crippen molar-refractivity contribution >= 4 is 23.5 Å². The second-order valence-corrected chi connectivity index (χ2v) is 6.99. The molecule has 6 heteroatoms. The third-order valence-corrected chi connectivity index (χ3v) is 4.49. The predicted molar refractivity (Wildman–Crippen MR) is 108 cm³/mol. The first-order valence-electron chi connectivity index (χ1n) is 9.17. The van der Waals surface area contributed by atoms with E-state index in [0.717, 1.165) is 11.1 Å². The van der Waals surface area contributed by atoms with E-state index in [-0.39, 0.29) is 5.91 Å². The van der Waals surface area contributed by atoms with E-state index in [9.17, 15) is 14.4 Å². The summed E-state index contributed by atoms with van der Waals surface area (Å²) in [5.41, 5.74) is 1.71. The fourth-order valence-corrected chi connectivity index (χ4v) is 2.50. The number of hydrogen-bond acceptors (Lipinski definition) is 4. The lowest BCUT2D eigenvalue weighted by Crippen LogP contribution is -2.44. The molecule has 0 aliphatic carbocycles. The van der Waals surface area contributed by atoms with E-state index in [4.69, 9.17) is 4.74 Å². The topological polar surface area (TPSA) is 84.5 Å². The molecule has 2 N–H and O–H groups in total. The molecular formula is C22H26N2O4. The number of aryl methyl sites for hydroxylation is 1. The smallest absolute Gasteiger partial charge is 0.338 e. The Kier molecular flexibility index (Phi) is 6.93. The molecule has 0 aromatic heterocycles. The van der Waals surface area contributed by atoms with E-state index in [2.05, 4.69) is 10.6 Å². The molecule has 0 radical (unpaired) electrons. The summed E-state index contributed by atoms with van der Waals surface area (Å²) in [6.07, 6.45) is 0. The molecule has 0 heterocycles. The van der Waals surface area contributed by atoms with Gasteiger partial charge in [-0.25, -0.2) is 4.79 Å². The van der Waals surface area contributed by atoms with Crippen molar-refractivity contribution in [1.82, 2.24) is 5.32 Å². The van der Waals surface area contributed by atoms with Crippen LogP contribution in [-0.4, -0.2) is 24.4 Å². The minimum absolute atomic E-state index is 0.295. The zero-order chi connectivity index (χ0) is 20.7. The summed E-state index contributed by atoms with van der Waals surface area (Å²) in [4.78, 5) is 36.9. The van der Waals surface area contributed by atoms with Crippen LogP contribution in [0.4, 0.5) is 5.69 Å². The third-order valence-electron chi connectivity index (χ3n) is 4.49. The van der Waals surface area contributed by atoms with Crippen LogP contribution in [0.5, 0.6) is 0 Å². The van der Waals surface area contributed by atoms with Gasteiger partial charge in [-0.2, -0.15) is 0 Å². The maximum absolute atomic E-state index is 12.6. The molecule has 0 unspecified atom stereocenters. The number of amides is 2. The van der Waals surface area contributed by atoms with Crippen LogP contribution in [0.25, 0.3) is 0 Å². The number of benzene rings is 2. The number of carbonyl (C=O) groups excluding carboxylic acids is 3. The molecule has 148 valence electrons. The van der Waals surface area contributed by atoms with Crippen molar-refractivity contribution in [2.24, 2.45) is 5.41 Å². The number of esters is 1. The molecule has 0 fully saturated rings. The van der Waals surface area contributed by atoms with Gasteiger partial charge < -0.3 is 15.4 Å². The Bertz CT molecular complexity index is 857. The first kappa shape index (κ1) is 21.2. The molecule has 2 aromatic rings. The van der Waals surface area contributed by atoms with Gasteiger partial charge in [-0.15, -0.1) is 0 Å². The Morgan fingerprint density at radius 2 is 1.61 bits per heavy atom. The van der Waals surface area contributed by atoms with Crippen LogP contribution in [0.1, 0.15) is 42.3 Å². The molecule has 0 spiro atoms. The predicted octanol–water partition coefficient (Wildman–Crippen LogP) is 3.45. The van der Waals surface area contributed by atoms with Crippen LogP contribution >= 0.6 is 0 Å². The van der Waals surface area contributed by atoms with Crippen LogP contribution in [0.15, 0.2) is 48.5 Å². The SMILES string of the molecule is CCOC(=O)c1ccc(NC(=O)C(C)(C)C(=O)NCc2ccccc2C)cc1. The summed E-state index contributed by atoms with van der Waals surface area (Å²) in [6.45, 7) is 7.50. The molecule has 0 aliphatic rings. The Hall–Kier alpha value is -3.15. The van der Waals surface area contributed by atoms with Gasteiger partial charge in [0.2, 0.25) is 11.8 Å². The highest BCUT2D eigenvalue weighted by Crippen LogP contribution is 2.20. The first-order chi connectivity index (χ1) is 13.3. The third kappa shape index (κ3) is 5.19. The number of anilines is 1. The highest BCUT2D eigenvalue weighted by Gasteiger charge is 2.36. The number of nitrogens with one attached hydrogen (secondary N) is 2. The molecule has 0 saturated heterocycles. The normalized spacial score (nSPS) is 10.9. The van der Waals surface area contributed by atoms with Crippen molar-refractivity contribution in [1.29, 1.82) is 0 Å². The van der Waals surface area contributed by atoms with E-state index >= 15 is 0 Å². The largest absolute Gasteiger partial charge is 0.462 e. The van der Waals surface area contributed by atoms with Gasteiger partial charge in [0, 0.05) is 12.2 Å². The molecule has 2 aromatic carbocycles. The number of hydrogen-bond donors (Lipinski definition) is 2. The fraction of sp³-hybridized carbons (Fsp3) is 0.318. The van der Waals surface area contributed by atoms with E-state index in [1.165, 1.54) is 0 Å². The Morgan fingerprint density at radius 3 is 2.21 bits per heavy atom. The van der Waals surface area contributed by atoms with Gasteiger partial charge >= 0.3 is 5.97 Å². The lowest BCUT2D eigenvalue weighted by Gasteiger charge is -2.23. The summed E-state index contributed by atoms with van der Waals surface area (Å²) in [6, 6.07) is 14.1. The highest BCUT2D eigenvalue weighted by atomic mass is 16.5. The van der Waals surface area contributed by atoms with Crippen LogP contribution in [0.3, 0.4) is 0 Å². The number of carbonyl (C=O) groups is 3. The van der Waals surface area contributed by atoms with Gasteiger partial charge in [0.05, 0.1) is 12.2 Å². The van der Waals surface area contributed by atoms with Gasteiger partial charge in [0.1, 0.15) is 5.41 Å². The van der Waals surface area contributed by atoms with E-state index in [1.54, 1.807) is 45.0 Å². The van der Waals surface area contributed by atoms with E-state index in [0.29, 0.717) is 24.4 Å². The number of rotatable bonds is 7. The van der Waals surface area contributed by atoms with Gasteiger partial charge in [-0.3, -0.25) is 9.59 Å². The maximum Gasteiger partial charge on any atom is 0.338 e. The maximum atomic E-state index is 12.6. The van der Waals surface area contributed by atoms with Gasteiger partial charge in [-0.1, -0.05) is 24.3 Å². The molecule has 2 rings (SSSR count). The summed E-state index contributed by atoms with van der Waals surface area (Å²) in [5.74, 6) is -1.22. The van der Waals surface area contributed by atoms with Crippen molar-refractivity contribution in [3.63, 3.8) is 0 Å². The Morgan fingerprint density at radius 1 is 0.964 bits per heavy atom. The summed E-state index contributed by atoms with van der Waals surface area (Å²) in [5, 5.41) is 5.54. The Balaban J connectivity index is 1.98. The Labute approximate surface area is 165 Å². The fourth-order valence-electron chi connectivity index (χ4n) is 2.50. The zero-order valence-electron chi connectivity index (χ0n) is 16.7. The second-order valence-electron chi connectivity index (χ2n) is 6.99. The van der Waals surface area contributed by atoms with Gasteiger partial charge in [0.25, 0.3) is 0 Å². The van der Waals surface area contributed by atoms with Crippen molar-refractivity contribution in [2.45, 2.75) is 34.2 Å². The average molecular weight is 382 g/mol. The van der Waals surface area contributed by atoms with Crippen LogP contribution in [0, 0.1) is 12.3 Å². The molecule has 0 atom stereocenters. The zero-order valence-corrected chi connectivity index (χ0v) is 16.7. The van der Waals surface area contributed by atoms with Gasteiger partial charge in [0.15, 0.2) is 0 Å². The van der Waals surface area contributed by atoms with Crippen molar-refractivity contribution in [2.75, 3.05) is 11.9 Å². The molecule has 2 amide bonds. The molecule has 6 nitrogen and oxygen atoms in total. The van der Waals surface area contributed by atoms with Crippen LogP contribution < -0.4 is 10.6 Å². The minimum Gasteiger partial charge on any atom is -0.462 e. The standard InChI is InChI=1S/C22H26N2O4/c1-5-28-19(25)16-10-12-18(13-11-16)24-21(27)22(3,4)20(26)23-14-17-9-7-6-8-15(17)2/h6-13H,5,14H2,1-4H3,(H,23,26)(H,24,27). The highest BCUT2D eigenvalue weighted by molar-refractivity contribution is 6.09. The quantitative estimate of drug-likeness (QED) is 0.567. The molecular weight excluding hydrogens is 356 g/mol. The first-order valence-corrected chi connectivity index (χ1v) is 9.17. The van der Waals surface area contributed by atoms with E-state index < -0.39 is 17.3 Å². The average Bonchev–Trinajstić information content (AvgIpc) is 2.67. The van der Waals surface area contributed by atoms with Crippen molar-refractivity contribution in [3.8, 4) is 0 Å². The summed E-state index contributed by atoms with van der Waals surface area (Å²) in [7, 11) is 0. The molecule has 0 bridgehead atoms. The van der Waals surface area contributed by atoms with E-state index in [1.807, 2.05) is 31.2 Å². The number of ether oxygens (including phenoxy) is 1.